The van der Waals surface area contributed by atoms with Gasteiger partial charge in [0, 0.05) is 24.2 Å². The van der Waals surface area contributed by atoms with Crippen molar-refractivity contribution in [2.24, 2.45) is 0 Å². The van der Waals surface area contributed by atoms with Gasteiger partial charge in [-0.15, -0.1) is 0 Å². The minimum Gasteiger partial charge on any atom is -0.396 e. The van der Waals surface area contributed by atoms with Gasteiger partial charge in [0.2, 0.25) is 0 Å². The fourth-order valence-electron chi connectivity index (χ4n) is 2.81. The van der Waals surface area contributed by atoms with Crippen molar-refractivity contribution >= 4 is 11.6 Å². The van der Waals surface area contributed by atoms with Crippen LogP contribution in [0, 0.1) is 0 Å². The van der Waals surface area contributed by atoms with Gasteiger partial charge in [-0.1, -0.05) is 29.8 Å². The minimum atomic E-state index is 0.314. The maximum Gasteiger partial charge on any atom is 0.0438 e. The second-order valence-corrected chi connectivity index (χ2v) is 5.45. The Morgan fingerprint density at radius 3 is 2.94 bits per heavy atom. The van der Waals surface area contributed by atoms with E-state index in [9.17, 15) is 0 Å². The van der Waals surface area contributed by atoms with Crippen molar-refractivity contribution in [1.82, 2.24) is 4.90 Å². The number of benzene rings is 1. The number of aliphatic hydroxyl groups is 1. The van der Waals surface area contributed by atoms with Crippen LogP contribution in [0.15, 0.2) is 24.3 Å². The lowest BCUT2D eigenvalue weighted by Crippen LogP contribution is -2.31. The summed E-state index contributed by atoms with van der Waals surface area (Å²) >= 11 is 6.18. The van der Waals surface area contributed by atoms with E-state index in [1.54, 1.807) is 0 Å². The van der Waals surface area contributed by atoms with E-state index in [0.29, 0.717) is 12.6 Å². The van der Waals surface area contributed by atoms with E-state index < -0.39 is 0 Å². The third kappa shape index (κ3) is 3.71. The molecule has 0 aromatic heterocycles. The molecule has 1 N–H and O–H groups in total. The first-order valence-corrected chi connectivity index (χ1v) is 7.27. The molecule has 2 rings (SSSR count). The summed E-state index contributed by atoms with van der Waals surface area (Å²) in [6.45, 7) is 2.59. The molecule has 2 nitrogen and oxygen atoms in total. The molecule has 1 saturated heterocycles. The average molecular weight is 268 g/mol. The Bertz CT molecular complexity index is 369. The lowest BCUT2D eigenvalue weighted by Gasteiger charge is -2.24. The Morgan fingerprint density at radius 1 is 1.33 bits per heavy atom. The summed E-state index contributed by atoms with van der Waals surface area (Å²) < 4.78 is 0. The topological polar surface area (TPSA) is 23.5 Å². The Hall–Kier alpha value is -0.570. The van der Waals surface area contributed by atoms with Crippen molar-refractivity contribution in [2.75, 3.05) is 19.7 Å². The van der Waals surface area contributed by atoms with Crippen molar-refractivity contribution in [3.8, 4) is 0 Å². The zero-order chi connectivity index (χ0) is 12.8. The molecule has 0 radical (unpaired) electrons. The molecule has 1 atom stereocenters. The predicted octanol–water partition coefficient (Wildman–Crippen LogP) is 3.12. The Labute approximate surface area is 115 Å². The van der Waals surface area contributed by atoms with E-state index in [0.717, 1.165) is 30.8 Å². The van der Waals surface area contributed by atoms with E-state index in [4.69, 9.17) is 16.7 Å². The molecule has 1 aliphatic rings. The zero-order valence-corrected chi connectivity index (χ0v) is 11.6. The molecule has 0 saturated carbocycles. The van der Waals surface area contributed by atoms with E-state index in [-0.39, 0.29) is 0 Å². The van der Waals surface area contributed by atoms with Crippen molar-refractivity contribution in [1.29, 1.82) is 0 Å². The summed E-state index contributed by atoms with van der Waals surface area (Å²) in [6.07, 6.45) is 5.64. The van der Waals surface area contributed by atoms with Gasteiger partial charge < -0.3 is 10.0 Å². The fourth-order valence-corrected chi connectivity index (χ4v) is 3.04. The van der Waals surface area contributed by atoms with Gasteiger partial charge in [-0.2, -0.15) is 0 Å². The van der Waals surface area contributed by atoms with Gasteiger partial charge in [-0.3, -0.25) is 0 Å². The number of hydrogen-bond donors (Lipinski definition) is 1. The van der Waals surface area contributed by atoms with Gasteiger partial charge in [0.25, 0.3) is 0 Å². The number of halogens is 1. The van der Waals surface area contributed by atoms with Crippen molar-refractivity contribution < 1.29 is 5.11 Å². The predicted molar refractivity (Wildman–Crippen MR) is 76.1 cm³/mol. The van der Waals surface area contributed by atoms with Gasteiger partial charge >= 0.3 is 0 Å². The molecule has 0 spiro atoms. The van der Waals surface area contributed by atoms with Crippen LogP contribution in [0.1, 0.15) is 31.2 Å². The van der Waals surface area contributed by atoms with E-state index in [2.05, 4.69) is 17.0 Å². The fraction of sp³-hybridized carbons (Fsp3) is 0.600. The summed E-state index contributed by atoms with van der Waals surface area (Å²) in [7, 11) is 0. The molecule has 1 aromatic carbocycles. The van der Waals surface area contributed by atoms with Crippen molar-refractivity contribution in [2.45, 2.75) is 38.1 Å². The number of rotatable bonds is 6. The number of hydrogen-bond acceptors (Lipinski definition) is 2. The SMILES string of the molecule is OCCCC1CCCN1CCc1ccccc1Cl. The average Bonchev–Trinajstić information content (AvgIpc) is 2.83. The highest BCUT2D eigenvalue weighted by molar-refractivity contribution is 6.31. The molecule has 1 aromatic rings. The maximum absolute atomic E-state index is 8.92. The third-order valence-corrected chi connectivity index (χ3v) is 4.19. The largest absolute Gasteiger partial charge is 0.396 e. The standard InChI is InChI=1S/C15H22ClNO/c16-15-8-2-1-5-13(15)9-11-17-10-3-6-14(17)7-4-12-18/h1-2,5,8,14,18H,3-4,6-7,9-12H2. The molecule has 3 heteroatoms. The number of likely N-dealkylation sites (tertiary alicyclic amines) is 1. The van der Waals surface area contributed by atoms with E-state index in [1.165, 1.54) is 24.9 Å². The molecular formula is C15H22ClNO. The summed E-state index contributed by atoms with van der Waals surface area (Å²) in [6, 6.07) is 8.77. The second kappa shape index (κ2) is 7.13. The highest BCUT2D eigenvalue weighted by Crippen LogP contribution is 2.23. The minimum absolute atomic E-state index is 0.314. The van der Waals surface area contributed by atoms with Crippen LogP contribution >= 0.6 is 11.6 Å². The van der Waals surface area contributed by atoms with Crippen LogP contribution in [-0.2, 0) is 6.42 Å². The quantitative estimate of drug-likeness (QED) is 0.856. The molecule has 100 valence electrons. The molecule has 1 aliphatic heterocycles. The first kappa shape index (κ1) is 13.9. The molecule has 0 bridgehead atoms. The molecule has 1 fully saturated rings. The maximum atomic E-state index is 8.92. The zero-order valence-electron chi connectivity index (χ0n) is 10.8. The van der Waals surface area contributed by atoms with Crippen molar-refractivity contribution in [3.63, 3.8) is 0 Å². The van der Waals surface area contributed by atoms with E-state index in [1.807, 2.05) is 12.1 Å². The molecule has 1 heterocycles. The van der Waals surface area contributed by atoms with Gasteiger partial charge in [0.1, 0.15) is 0 Å². The normalized spacial score (nSPS) is 20.4. The van der Waals surface area contributed by atoms with E-state index >= 15 is 0 Å². The van der Waals surface area contributed by atoms with Crippen LogP contribution in [0.25, 0.3) is 0 Å². The summed E-state index contributed by atoms with van der Waals surface area (Å²) in [5.74, 6) is 0. The Kier molecular flexibility index (Phi) is 5.48. The van der Waals surface area contributed by atoms with Gasteiger partial charge in [0.05, 0.1) is 0 Å². The van der Waals surface area contributed by atoms with Crippen LogP contribution < -0.4 is 0 Å². The van der Waals surface area contributed by atoms with Crippen LogP contribution in [0.3, 0.4) is 0 Å². The van der Waals surface area contributed by atoms with Crippen LogP contribution in [0.2, 0.25) is 5.02 Å². The first-order valence-electron chi connectivity index (χ1n) is 6.89. The van der Waals surface area contributed by atoms with Gasteiger partial charge in [0.15, 0.2) is 0 Å². The Morgan fingerprint density at radius 2 is 2.17 bits per heavy atom. The molecule has 0 amide bonds. The molecule has 18 heavy (non-hydrogen) atoms. The highest BCUT2D eigenvalue weighted by Gasteiger charge is 2.23. The third-order valence-electron chi connectivity index (χ3n) is 3.82. The molecule has 1 unspecified atom stereocenters. The monoisotopic (exact) mass is 267 g/mol. The second-order valence-electron chi connectivity index (χ2n) is 5.04. The number of nitrogens with zero attached hydrogens (tertiary/aromatic N) is 1. The van der Waals surface area contributed by atoms with Gasteiger partial charge in [-0.25, -0.2) is 0 Å². The summed E-state index contributed by atoms with van der Waals surface area (Å²) in [5.41, 5.74) is 1.24. The summed E-state index contributed by atoms with van der Waals surface area (Å²) in [5, 5.41) is 9.80. The van der Waals surface area contributed by atoms with Crippen molar-refractivity contribution in [3.05, 3.63) is 34.9 Å². The van der Waals surface area contributed by atoms with Crippen LogP contribution in [0.4, 0.5) is 0 Å². The highest BCUT2D eigenvalue weighted by atomic mass is 35.5. The van der Waals surface area contributed by atoms with Gasteiger partial charge in [-0.05, 0) is 50.3 Å². The molecular weight excluding hydrogens is 246 g/mol. The summed E-state index contributed by atoms with van der Waals surface area (Å²) in [4.78, 5) is 2.55. The first-order chi connectivity index (χ1) is 8.81. The Balaban J connectivity index is 1.84. The van der Waals surface area contributed by atoms with Crippen LogP contribution in [0.5, 0.6) is 0 Å². The smallest absolute Gasteiger partial charge is 0.0438 e. The van der Waals surface area contributed by atoms with Crippen LogP contribution in [-0.4, -0.2) is 35.7 Å². The number of aliphatic hydroxyl groups excluding tert-OH is 1. The lowest BCUT2D eigenvalue weighted by atomic mass is 10.1. The molecule has 0 aliphatic carbocycles. The lowest BCUT2D eigenvalue weighted by molar-refractivity contribution is 0.218.